The minimum absolute atomic E-state index is 0.0467. The summed E-state index contributed by atoms with van der Waals surface area (Å²) in [5.74, 6) is 2.39. The third-order valence-electron chi connectivity index (χ3n) is 1.84. The zero-order chi connectivity index (χ0) is 7.72. The van der Waals surface area contributed by atoms with Crippen LogP contribution in [0.3, 0.4) is 0 Å². The van der Waals surface area contributed by atoms with Crippen LogP contribution < -0.4 is 0 Å². The second kappa shape index (κ2) is 2.18. The van der Waals surface area contributed by atoms with E-state index in [9.17, 15) is 4.79 Å². The van der Waals surface area contributed by atoms with Crippen LogP contribution in [0, 0.1) is 12.3 Å². The van der Waals surface area contributed by atoms with E-state index in [1.54, 1.807) is 11.9 Å². The van der Waals surface area contributed by atoms with Gasteiger partial charge in [-0.05, 0) is 13.0 Å². The lowest BCUT2D eigenvalue weighted by molar-refractivity contribution is -0.134. The first-order chi connectivity index (χ1) is 4.68. The Labute approximate surface area is 60.5 Å². The number of β-lactam (4-membered cyclic amide) rings is 1. The summed E-state index contributed by atoms with van der Waals surface area (Å²) in [6.07, 6.45) is 6.55. The molecule has 0 aromatic heterocycles. The van der Waals surface area contributed by atoms with Crippen molar-refractivity contribution in [2.24, 2.45) is 0 Å². The van der Waals surface area contributed by atoms with E-state index in [1.807, 2.05) is 6.92 Å². The van der Waals surface area contributed by atoms with Gasteiger partial charge in [-0.3, -0.25) is 4.79 Å². The van der Waals surface area contributed by atoms with Gasteiger partial charge < -0.3 is 4.90 Å². The molecule has 0 N–H and O–H groups in total. The fraction of sp³-hybridized carbons (Fsp3) is 0.375. The summed E-state index contributed by atoms with van der Waals surface area (Å²) in [6, 6.07) is 0.198. The average Bonchev–Trinajstić information content (AvgIpc) is 1.98. The predicted molar refractivity (Wildman–Crippen MR) is 39.1 cm³/mol. The summed E-state index contributed by atoms with van der Waals surface area (Å²) in [6.45, 7) is 1.95. The van der Waals surface area contributed by atoms with Crippen molar-refractivity contribution in [2.75, 3.05) is 7.05 Å². The van der Waals surface area contributed by atoms with Crippen LogP contribution in [0.2, 0.25) is 0 Å². The number of likely N-dealkylation sites (N-methyl/N-ethyl adjacent to an activating group) is 1. The minimum atomic E-state index is 0.0467. The maximum atomic E-state index is 10.9. The van der Waals surface area contributed by atoms with Crippen molar-refractivity contribution in [3.8, 4) is 12.3 Å². The molecule has 0 aromatic carbocycles. The Morgan fingerprint density at radius 2 is 2.40 bits per heavy atom. The molecule has 1 atom stereocenters. The number of carbonyl (C=O) groups is 1. The highest BCUT2D eigenvalue weighted by atomic mass is 16.2. The quantitative estimate of drug-likeness (QED) is 0.267. The fourth-order valence-corrected chi connectivity index (χ4v) is 0.973. The Balaban J connectivity index is 2.78. The van der Waals surface area contributed by atoms with E-state index in [-0.39, 0.29) is 11.9 Å². The van der Waals surface area contributed by atoms with Gasteiger partial charge in [0, 0.05) is 12.6 Å². The molecule has 1 rings (SSSR count). The lowest BCUT2D eigenvalue weighted by atomic mass is 9.97. The summed E-state index contributed by atoms with van der Waals surface area (Å²) < 4.78 is 0. The van der Waals surface area contributed by atoms with Crippen LogP contribution >= 0.6 is 0 Å². The van der Waals surface area contributed by atoms with Crippen molar-refractivity contribution in [1.82, 2.24) is 4.90 Å². The molecule has 1 heterocycles. The van der Waals surface area contributed by atoms with Gasteiger partial charge in [0.25, 0.3) is 5.91 Å². The molecule has 0 radical (unpaired) electrons. The molecule has 0 aromatic rings. The molecule has 0 saturated carbocycles. The molecule has 10 heavy (non-hydrogen) atoms. The van der Waals surface area contributed by atoms with Gasteiger partial charge >= 0.3 is 0 Å². The van der Waals surface area contributed by atoms with E-state index in [2.05, 4.69) is 5.92 Å². The van der Waals surface area contributed by atoms with Crippen LogP contribution in [0.15, 0.2) is 11.6 Å². The van der Waals surface area contributed by atoms with E-state index < -0.39 is 0 Å². The highest BCUT2D eigenvalue weighted by Crippen LogP contribution is 2.22. The van der Waals surface area contributed by atoms with Crippen LogP contribution in [0.4, 0.5) is 0 Å². The van der Waals surface area contributed by atoms with Gasteiger partial charge in [0.05, 0.1) is 6.04 Å². The summed E-state index contributed by atoms with van der Waals surface area (Å²) in [5.41, 5.74) is 0.741. The van der Waals surface area contributed by atoms with Crippen LogP contribution in [0.5, 0.6) is 0 Å². The minimum Gasteiger partial charge on any atom is -0.335 e. The van der Waals surface area contributed by atoms with Gasteiger partial charge in [-0.2, -0.15) is 0 Å². The normalized spacial score (nSPS) is 28.1. The predicted octanol–water partition coefficient (Wildman–Crippen LogP) is 0.406. The number of carbonyl (C=O) groups excluding carboxylic acids is 1. The lowest BCUT2D eigenvalue weighted by Crippen LogP contribution is -2.50. The zero-order valence-corrected chi connectivity index (χ0v) is 6.09. The first kappa shape index (κ1) is 6.88. The molecule has 2 nitrogen and oxygen atoms in total. The van der Waals surface area contributed by atoms with Crippen molar-refractivity contribution in [2.45, 2.75) is 13.0 Å². The second-order valence-corrected chi connectivity index (χ2v) is 2.36. The van der Waals surface area contributed by atoms with Gasteiger partial charge in [0.15, 0.2) is 0 Å². The van der Waals surface area contributed by atoms with Gasteiger partial charge in [0.2, 0.25) is 0 Å². The van der Waals surface area contributed by atoms with E-state index in [1.165, 1.54) is 6.08 Å². The number of hydrogen-bond donors (Lipinski definition) is 0. The van der Waals surface area contributed by atoms with Gasteiger partial charge in [-0.15, -0.1) is 6.42 Å². The Morgan fingerprint density at radius 1 is 1.80 bits per heavy atom. The molecule has 2 heteroatoms. The van der Waals surface area contributed by atoms with Crippen LogP contribution in [-0.2, 0) is 4.79 Å². The highest BCUT2D eigenvalue weighted by molar-refractivity contribution is 6.01. The molecule has 1 saturated heterocycles. The fourth-order valence-electron chi connectivity index (χ4n) is 0.973. The van der Waals surface area contributed by atoms with Crippen molar-refractivity contribution in [3.05, 3.63) is 11.6 Å². The van der Waals surface area contributed by atoms with E-state index in [4.69, 9.17) is 6.42 Å². The number of likely N-dealkylation sites (tertiary alicyclic amines) is 1. The lowest BCUT2D eigenvalue weighted by Gasteiger charge is -2.37. The number of terminal acetylenes is 1. The molecule has 1 fully saturated rings. The summed E-state index contributed by atoms with van der Waals surface area (Å²) in [5, 5.41) is 0. The zero-order valence-electron chi connectivity index (χ0n) is 6.09. The number of rotatable bonds is 0. The third kappa shape index (κ3) is 0.714. The summed E-state index contributed by atoms with van der Waals surface area (Å²) >= 11 is 0. The monoisotopic (exact) mass is 135 g/mol. The molecule has 1 unspecified atom stereocenters. The smallest absolute Gasteiger partial charge is 0.252 e. The first-order valence-electron chi connectivity index (χ1n) is 3.12. The highest BCUT2D eigenvalue weighted by Gasteiger charge is 2.34. The summed E-state index contributed by atoms with van der Waals surface area (Å²) in [7, 11) is 1.76. The molecule has 1 aliphatic heterocycles. The van der Waals surface area contributed by atoms with Crippen molar-refractivity contribution < 1.29 is 4.79 Å². The number of amides is 1. The van der Waals surface area contributed by atoms with Crippen LogP contribution in [0.1, 0.15) is 6.92 Å². The molecule has 0 spiro atoms. The molecule has 52 valence electrons. The van der Waals surface area contributed by atoms with Crippen molar-refractivity contribution in [1.29, 1.82) is 0 Å². The second-order valence-electron chi connectivity index (χ2n) is 2.36. The van der Waals surface area contributed by atoms with E-state index in [0.29, 0.717) is 0 Å². The largest absolute Gasteiger partial charge is 0.335 e. The number of nitrogens with zero attached hydrogens (tertiary/aromatic N) is 1. The van der Waals surface area contributed by atoms with Crippen LogP contribution in [-0.4, -0.2) is 23.9 Å². The maximum absolute atomic E-state index is 10.9. The van der Waals surface area contributed by atoms with E-state index >= 15 is 0 Å². The third-order valence-corrected chi connectivity index (χ3v) is 1.84. The molecular weight excluding hydrogens is 126 g/mol. The molecule has 1 aliphatic rings. The topological polar surface area (TPSA) is 20.3 Å². The first-order valence-corrected chi connectivity index (χ1v) is 3.12. The Hall–Kier alpha value is -1.23. The Bertz CT molecular complexity index is 234. The van der Waals surface area contributed by atoms with Gasteiger partial charge in [-0.1, -0.05) is 5.92 Å². The van der Waals surface area contributed by atoms with Gasteiger partial charge in [0.1, 0.15) is 0 Å². The van der Waals surface area contributed by atoms with E-state index in [0.717, 1.165) is 5.57 Å². The Kier molecular flexibility index (Phi) is 1.50. The molecule has 0 aliphatic carbocycles. The number of hydrogen-bond acceptors (Lipinski definition) is 1. The van der Waals surface area contributed by atoms with Crippen molar-refractivity contribution in [3.63, 3.8) is 0 Å². The standard InChI is InChI=1S/C8H9NO/c1-4-5-7-6(2)9(3)8(7)10/h1,5-6H,2-3H3/b7-5+. The van der Waals surface area contributed by atoms with Gasteiger partial charge in [-0.25, -0.2) is 0 Å². The maximum Gasteiger partial charge on any atom is 0.252 e. The average molecular weight is 135 g/mol. The van der Waals surface area contributed by atoms with Crippen LogP contribution in [0.25, 0.3) is 0 Å². The van der Waals surface area contributed by atoms with Crippen molar-refractivity contribution >= 4 is 5.91 Å². The molecular formula is C8H9NO. The summed E-state index contributed by atoms with van der Waals surface area (Å²) in [4.78, 5) is 12.6. The molecule has 1 amide bonds. The number of allylic oxidation sites excluding steroid dienone is 1. The SMILES string of the molecule is C#C/C=C1/C(=O)N(C)C1C. The Morgan fingerprint density at radius 3 is 2.80 bits per heavy atom. The molecule has 0 bridgehead atoms.